The van der Waals surface area contributed by atoms with Gasteiger partial charge in [-0.1, -0.05) is 35.9 Å². The van der Waals surface area contributed by atoms with Gasteiger partial charge in [0.05, 0.1) is 11.1 Å². The molecule has 1 aromatic heterocycles. The molecule has 7 nitrogen and oxygen atoms in total. The number of carbonyl (C=O) groups is 3. The maximum atomic E-state index is 13.0. The zero-order valence-corrected chi connectivity index (χ0v) is 23.0. The fourth-order valence-corrected chi connectivity index (χ4v) is 4.70. The number of phenols is 2. The van der Waals surface area contributed by atoms with Gasteiger partial charge in [0.1, 0.15) is 11.5 Å². The van der Waals surface area contributed by atoms with Crippen molar-refractivity contribution in [2.24, 2.45) is 0 Å². The third kappa shape index (κ3) is 5.87. The summed E-state index contributed by atoms with van der Waals surface area (Å²) in [5.41, 5.74) is 1.98. The van der Waals surface area contributed by atoms with E-state index < -0.39 is 23.2 Å². The van der Waals surface area contributed by atoms with E-state index in [-0.39, 0.29) is 50.5 Å². The van der Waals surface area contributed by atoms with E-state index in [1.807, 2.05) is 48.8 Å². The molecule has 3 aromatic carbocycles. The van der Waals surface area contributed by atoms with E-state index in [4.69, 9.17) is 11.6 Å². The van der Waals surface area contributed by atoms with Crippen LogP contribution in [0.5, 0.6) is 11.5 Å². The Bertz CT molecular complexity index is 1570. The van der Waals surface area contributed by atoms with E-state index in [2.05, 4.69) is 9.88 Å². The third-order valence-electron chi connectivity index (χ3n) is 6.53. The summed E-state index contributed by atoms with van der Waals surface area (Å²) in [6.45, 7) is 1.13. The number of aryl methyl sites for hydroxylation is 1. The van der Waals surface area contributed by atoms with Crippen LogP contribution >= 0.6 is 11.6 Å². The number of pyridine rings is 1. The van der Waals surface area contributed by atoms with Gasteiger partial charge in [-0.3, -0.25) is 14.4 Å². The summed E-state index contributed by atoms with van der Waals surface area (Å²) in [6.07, 6.45) is 5.46. The normalized spacial score (nSPS) is 11.8. The van der Waals surface area contributed by atoms with Crippen molar-refractivity contribution in [1.29, 1.82) is 0 Å². The van der Waals surface area contributed by atoms with Crippen LogP contribution < -0.4 is 26.9 Å². The summed E-state index contributed by atoms with van der Waals surface area (Å²) >= 11 is 5.94. The van der Waals surface area contributed by atoms with E-state index >= 15 is 0 Å². The molecule has 4 aromatic rings. The number of hydrogen-bond acceptors (Lipinski definition) is 5. The number of benzene rings is 3. The van der Waals surface area contributed by atoms with E-state index in [1.165, 1.54) is 30.3 Å². The number of halogens is 2. The first-order valence-corrected chi connectivity index (χ1v) is 12.5. The van der Waals surface area contributed by atoms with E-state index in [0.717, 1.165) is 24.1 Å². The summed E-state index contributed by atoms with van der Waals surface area (Å²) < 4.78 is 2.07. The molecule has 0 radical (unpaired) electrons. The van der Waals surface area contributed by atoms with Gasteiger partial charge in [0.2, 0.25) is 5.78 Å². The quantitative estimate of drug-likeness (QED) is 0.191. The third-order valence-corrected chi connectivity index (χ3v) is 6.78. The van der Waals surface area contributed by atoms with Gasteiger partial charge in [-0.2, -0.15) is 0 Å². The van der Waals surface area contributed by atoms with Gasteiger partial charge in [0.25, 0.3) is 5.91 Å². The molecule has 3 N–H and O–H groups in total. The summed E-state index contributed by atoms with van der Waals surface area (Å²) in [7, 11) is 0. The number of rotatable bonds is 7. The summed E-state index contributed by atoms with van der Waals surface area (Å²) in [4.78, 5) is 38.6. The van der Waals surface area contributed by atoms with E-state index in [1.54, 1.807) is 0 Å². The van der Waals surface area contributed by atoms with Crippen molar-refractivity contribution >= 4 is 29.1 Å². The highest BCUT2D eigenvalue weighted by molar-refractivity contribution is 6.31. The number of ketones is 2. The second-order valence-electron chi connectivity index (χ2n) is 9.14. The Labute approximate surface area is 240 Å². The minimum atomic E-state index is -0.658. The van der Waals surface area contributed by atoms with Crippen molar-refractivity contribution in [1.82, 2.24) is 5.32 Å². The van der Waals surface area contributed by atoms with E-state index in [0.29, 0.717) is 18.0 Å². The van der Waals surface area contributed by atoms with Gasteiger partial charge in [-0.05, 0) is 48.7 Å². The van der Waals surface area contributed by atoms with Crippen LogP contribution in [0.15, 0.2) is 79.1 Å². The van der Waals surface area contributed by atoms with Gasteiger partial charge in [-0.15, -0.1) is 0 Å². The van der Waals surface area contributed by atoms with Crippen LogP contribution in [0.3, 0.4) is 0 Å². The SMILES string of the molecule is O=C(NCCCc1cc[n+](Cc2ccc(Cl)cc2)cc1)c1cc(O)c2c(c1)C(=O)c1cccc(O)c1C2=O.[Br-]. The summed E-state index contributed by atoms with van der Waals surface area (Å²) in [5, 5.41) is 24.1. The van der Waals surface area contributed by atoms with Crippen LogP contribution in [-0.2, 0) is 13.0 Å². The average Bonchev–Trinajstić information content (AvgIpc) is 2.91. The molecule has 9 heteroatoms. The molecule has 39 heavy (non-hydrogen) atoms. The number of phenolic OH excluding ortho intramolecular Hbond substituents is 2. The Balaban J connectivity index is 0.00000353. The zero-order valence-electron chi connectivity index (χ0n) is 20.7. The van der Waals surface area contributed by atoms with Crippen molar-refractivity contribution in [3.05, 3.63) is 123 Å². The zero-order chi connectivity index (χ0) is 26.8. The molecular weight excluding hydrogens is 584 g/mol. The number of fused-ring (bicyclic) bond motifs is 2. The Morgan fingerprint density at radius 1 is 0.821 bits per heavy atom. The van der Waals surface area contributed by atoms with Crippen molar-refractivity contribution in [2.45, 2.75) is 19.4 Å². The molecule has 0 atom stereocenters. The van der Waals surface area contributed by atoms with E-state index in [9.17, 15) is 24.6 Å². The topological polar surface area (TPSA) is 108 Å². The number of amides is 1. The lowest BCUT2D eigenvalue weighted by molar-refractivity contribution is -0.688. The predicted octanol–water partition coefficient (Wildman–Crippen LogP) is 1.23. The Hall–Kier alpha value is -4.01. The largest absolute Gasteiger partial charge is 1.00 e. The first-order chi connectivity index (χ1) is 18.3. The number of carbonyl (C=O) groups excluding carboxylic acids is 3. The molecule has 0 spiro atoms. The van der Waals surface area contributed by atoms with Crippen LogP contribution in [0, 0.1) is 0 Å². The molecule has 1 amide bonds. The Morgan fingerprint density at radius 2 is 1.51 bits per heavy atom. The first kappa shape index (κ1) is 28.0. The van der Waals surface area contributed by atoms with Gasteiger partial charge >= 0.3 is 0 Å². The van der Waals surface area contributed by atoms with Crippen LogP contribution in [0.4, 0.5) is 0 Å². The lowest BCUT2D eigenvalue weighted by Crippen LogP contribution is -3.00. The molecule has 198 valence electrons. The molecule has 0 aliphatic heterocycles. The minimum Gasteiger partial charge on any atom is -1.00 e. The standard InChI is InChI=1S/C30H23ClN2O5.BrH/c31-21-8-6-19(7-9-21)17-33-13-10-18(11-14-33)3-2-12-32-30(38)20-15-23-27(25(35)16-20)29(37)26-22(28(23)36)4-1-5-24(26)34;/h1,4-11,13-16H,2-3,12,17H2,(H2-,32,34,35,37,38);1H. The molecular formula is C30H24BrClN2O5. The lowest BCUT2D eigenvalue weighted by Gasteiger charge is -2.20. The summed E-state index contributed by atoms with van der Waals surface area (Å²) in [6, 6.07) is 18.5. The summed E-state index contributed by atoms with van der Waals surface area (Å²) in [5.74, 6) is -2.46. The number of nitrogens with zero attached hydrogens (tertiary/aromatic N) is 1. The fraction of sp³-hybridized carbons (Fsp3) is 0.133. The number of aromatic hydroxyl groups is 2. The predicted molar refractivity (Wildman–Crippen MR) is 141 cm³/mol. The molecule has 0 fully saturated rings. The lowest BCUT2D eigenvalue weighted by atomic mass is 9.82. The second kappa shape index (κ2) is 11.8. The van der Waals surface area contributed by atoms with Crippen molar-refractivity contribution < 1.29 is 46.1 Å². The highest BCUT2D eigenvalue weighted by Crippen LogP contribution is 2.37. The smallest absolute Gasteiger partial charge is 0.251 e. The molecule has 0 unspecified atom stereocenters. The average molecular weight is 608 g/mol. The van der Waals surface area contributed by atoms with Crippen LogP contribution in [0.25, 0.3) is 0 Å². The molecule has 5 rings (SSSR count). The van der Waals surface area contributed by atoms with Gasteiger partial charge < -0.3 is 32.5 Å². The molecule has 1 heterocycles. The van der Waals surface area contributed by atoms with Crippen molar-refractivity contribution in [2.75, 3.05) is 6.54 Å². The monoisotopic (exact) mass is 606 g/mol. The molecule has 0 bridgehead atoms. The molecule has 0 saturated carbocycles. The van der Waals surface area contributed by atoms with Gasteiger partial charge in [-0.25, -0.2) is 4.57 Å². The highest BCUT2D eigenvalue weighted by atomic mass is 79.9. The number of nitrogens with one attached hydrogen (secondary N) is 1. The number of aromatic nitrogens is 1. The maximum Gasteiger partial charge on any atom is 0.251 e. The maximum absolute atomic E-state index is 13.0. The number of hydrogen-bond donors (Lipinski definition) is 3. The Kier molecular flexibility index (Phi) is 8.47. The molecule has 1 aliphatic rings. The van der Waals surface area contributed by atoms with Crippen molar-refractivity contribution in [3.63, 3.8) is 0 Å². The molecule has 1 aliphatic carbocycles. The van der Waals surface area contributed by atoms with Crippen molar-refractivity contribution in [3.8, 4) is 11.5 Å². The second-order valence-corrected chi connectivity index (χ2v) is 9.58. The van der Waals surface area contributed by atoms with Gasteiger partial charge in [0, 0.05) is 46.0 Å². The van der Waals surface area contributed by atoms with Crippen LogP contribution in [0.2, 0.25) is 5.02 Å². The highest BCUT2D eigenvalue weighted by Gasteiger charge is 2.35. The Morgan fingerprint density at radius 3 is 2.23 bits per heavy atom. The first-order valence-electron chi connectivity index (χ1n) is 12.1. The minimum absolute atomic E-state index is 0. The van der Waals surface area contributed by atoms with Gasteiger partial charge in [0.15, 0.2) is 24.7 Å². The van der Waals surface area contributed by atoms with Crippen LogP contribution in [0.1, 0.15) is 59.7 Å². The van der Waals surface area contributed by atoms with Crippen LogP contribution in [-0.4, -0.2) is 34.2 Å². The molecule has 0 saturated heterocycles. The fourth-order valence-electron chi connectivity index (χ4n) is 4.57.